The highest BCUT2D eigenvalue weighted by molar-refractivity contribution is 14.0. The van der Waals surface area contributed by atoms with E-state index in [-0.39, 0.29) is 29.9 Å². The van der Waals surface area contributed by atoms with E-state index >= 15 is 0 Å². The summed E-state index contributed by atoms with van der Waals surface area (Å²) < 4.78 is 0. The molecule has 1 fully saturated rings. The second kappa shape index (κ2) is 11.0. The fourth-order valence-corrected chi connectivity index (χ4v) is 2.86. The van der Waals surface area contributed by atoms with Gasteiger partial charge in [-0.25, -0.2) is 9.97 Å². The Morgan fingerprint density at radius 2 is 1.79 bits per heavy atom. The Bertz CT molecular complexity index is 780. The summed E-state index contributed by atoms with van der Waals surface area (Å²) in [5, 5.41) is 3.42. The Morgan fingerprint density at radius 3 is 2.43 bits per heavy atom. The van der Waals surface area contributed by atoms with E-state index < -0.39 is 0 Å². The maximum Gasteiger partial charge on any atom is 0.251 e. The highest BCUT2D eigenvalue weighted by atomic mass is 127. The van der Waals surface area contributed by atoms with Crippen molar-refractivity contribution < 1.29 is 4.79 Å². The molecule has 28 heavy (non-hydrogen) atoms. The minimum atomic E-state index is -0.156. The van der Waals surface area contributed by atoms with Crippen molar-refractivity contribution in [3.05, 3.63) is 53.3 Å². The lowest BCUT2D eigenvalue weighted by molar-refractivity contribution is 0.0955. The van der Waals surface area contributed by atoms with Gasteiger partial charge in [0, 0.05) is 55.7 Å². The number of aromatic nitrogens is 2. The third-order valence-electron chi connectivity index (χ3n) is 4.22. The third-order valence-corrected chi connectivity index (χ3v) is 4.47. The number of hydrogen-bond acceptors (Lipinski definition) is 5. The van der Waals surface area contributed by atoms with Crippen LogP contribution in [-0.2, 0) is 0 Å². The van der Waals surface area contributed by atoms with Crippen LogP contribution in [-0.4, -0.2) is 66.0 Å². The van der Waals surface area contributed by atoms with Crippen molar-refractivity contribution in [2.75, 3.05) is 44.2 Å². The quantitative estimate of drug-likeness (QED) is 0.272. The number of amides is 1. The van der Waals surface area contributed by atoms with Crippen LogP contribution in [0.5, 0.6) is 0 Å². The number of aliphatic imine (C=N–C) groups is 1. The van der Waals surface area contributed by atoms with Gasteiger partial charge in [0.15, 0.2) is 5.96 Å². The number of hydrogen-bond donors (Lipinski definition) is 2. The maximum atomic E-state index is 12.0. The zero-order valence-electron chi connectivity index (χ0n) is 15.3. The highest BCUT2D eigenvalue weighted by Crippen LogP contribution is 2.10. The van der Waals surface area contributed by atoms with Crippen molar-refractivity contribution in [3.8, 4) is 0 Å². The molecule has 1 aromatic heterocycles. The second-order valence-corrected chi connectivity index (χ2v) is 6.46. The summed E-state index contributed by atoms with van der Waals surface area (Å²) in [4.78, 5) is 29.1. The molecule has 1 amide bonds. The van der Waals surface area contributed by atoms with Crippen LogP contribution in [0.25, 0.3) is 0 Å². The number of carbonyl (C=O) groups excluding carboxylic acids is 1. The molecule has 2 heterocycles. The summed E-state index contributed by atoms with van der Waals surface area (Å²) in [6.45, 7) is 3.92. The van der Waals surface area contributed by atoms with Crippen molar-refractivity contribution >= 4 is 53.4 Å². The van der Waals surface area contributed by atoms with Crippen LogP contribution < -0.4 is 16.0 Å². The molecule has 0 aliphatic carbocycles. The van der Waals surface area contributed by atoms with Crippen LogP contribution in [0.2, 0.25) is 5.02 Å². The lowest BCUT2D eigenvalue weighted by atomic mass is 10.2. The number of rotatable bonds is 5. The molecule has 1 aliphatic heterocycles. The van der Waals surface area contributed by atoms with Crippen LogP contribution in [0.15, 0.2) is 47.7 Å². The van der Waals surface area contributed by atoms with Gasteiger partial charge in [-0.1, -0.05) is 11.6 Å². The van der Waals surface area contributed by atoms with Crippen molar-refractivity contribution in [1.29, 1.82) is 0 Å². The molecule has 1 saturated heterocycles. The first kappa shape index (κ1) is 22.2. The number of halogens is 2. The molecule has 0 unspecified atom stereocenters. The monoisotopic (exact) mass is 515 g/mol. The highest BCUT2D eigenvalue weighted by Gasteiger charge is 2.19. The van der Waals surface area contributed by atoms with E-state index in [0.29, 0.717) is 29.6 Å². The van der Waals surface area contributed by atoms with E-state index in [1.807, 2.05) is 4.90 Å². The molecule has 1 aliphatic rings. The van der Waals surface area contributed by atoms with Gasteiger partial charge in [0.1, 0.15) is 0 Å². The number of carbonyl (C=O) groups is 1. The average molecular weight is 516 g/mol. The van der Waals surface area contributed by atoms with Crippen molar-refractivity contribution in [3.63, 3.8) is 0 Å². The van der Waals surface area contributed by atoms with Crippen molar-refractivity contribution in [2.24, 2.45) is 10.7 Å². The largest absolute Gasteiger partial charge is 0.370 e. The summed E-state index contributed by atoms with van der Waals surface area (Å²) in [5.41, 5.74) is 6.64. The van der Waals surface area contributed by atoms with Gasteiger partial charge in [-0.3, -0.25) is 9.79 Å². The van der Waals surface area contributed by atoms with E-state index in [1.165, 1.54) is 0 Å². The predicted octanol–water partition coefficient (Wildman–Crippen LogP) is 1.61. The van der Waals surface area contributed by atoms with E-state index in [0.717, 1.165) is 32.1 Å². The van der Waals surface area contributed by atoms with Crippen LogP contribution in [0.4, 0.5) is 5.95 Å². The van der Waals surface area contributed by atoms with E-state index in [9.17, 15) is 4.79 Å². The SMILES string of the molecule is I.NC(=NCCNC(=O)c1ccc(Cl)cc1)N1CCN(c2ncccn2)CC1. The molecule has 0 bridgehead atoms. The lowest BCUT2D eigenvalue weighted by Gasteiger charge is -2.35. The molecular formula is C18H23ClIN7O. The molecule has 0 saturated carbocycles. The number of nitrogens with zero attached hydrogens (tertiary/aromatic N) is 5. The average Bonchev–Trinajstić information content (AvgIpc) is 2.72. The van der Waals surface area contributed by atoms with Crippen LogP contribution in [0.3, 0.4) is 0 Å². The van der Waals surface area contributed by atoms with Gasteiger partial charge in [-0.2, -0.15) is 0 Å². The number of guanidine groups is 1. The van der Waals surface area contributed by atoms with E-state index in [4.69, 9.17) is 17.3 Å². The number of nitrogens with one attached hydrogen (secondary N) is 1. The van der Waals surface area contributed by atoms with Gasteiger partial charge >= 0.3 is 0 Å². The van der Waals surface area contributed by atoms with Gasteiger partial charge < -0.3 is 20.9 Å². The minimum absolute atomic E-state index is 0. The Kier molecular flexibility index (Phi) is 8.71. The van der Waals surface area contributed by atoms with Gasteiger partial charge in [0.25, 0.3) is 5.91 Å². The van der Waals surface area contributed by atoms with Crippen molar-refractivity contribution in [2.45, 2.75) is 0 Å². The van der Waals surface area contributed by atoms with Crippen LogP contribution in [0, 0.1) is 0 Å². The molecule has 2 aromatic rings. The fraction of sp³-hybridized carbons (Fsp3) is 0.333. The minimum Gasteiger partial charge on any atom is -0.370 e. The fourth-order valence-electron chi connectivity index (χ4n) is 2.73. The molecule has 150 valence electrons. The zero-order chi connectivity index (χ0) is 19.1. The van der Waals surface area contributed by atoms with E-state index in [1.54, 1.807) is 42.7 Å². The van der Waals surface area contributed by atoms with Gasteiger partial charge in [-0.15, -0.1) is 24.0 Å². The first-order valence-electron chi connectivity index (χ1n) is 8.74. The van der Waals surface area contributed by atoms with Crippen molar-refractivity contribution in [1.82, 2.24) is 20.2 Å². The smallest absolute Gasteiger partial charge is 0.251 e. The summed E-state index contributed by atoms with van der Waals surface area (Å²) in [5.74, 6) is 1.07. The Labute approximate surface area is 186 Å². The second-order valence-electron chi connectivity index (χ2n) is 6.03. The molecule has 1 aromatic carbocycles. The first-order chi connectivity index (χ1) is 13.1. The van der Waals surface area contributed by atoms with E-state index in [2.05, 4.69) is 25.2 Å². The summed E-state index contributed by atoms with van der Waals surface area (Å²) in [6.07, 6.45) is 3.48. The standard InChI is InChI=1S/C18H22ClN7O.HI/c19-15-4-2-14(3-5-15)16(27)21-8-9-22-17(20)25-10-12-26(13-11-25)18-23-6-1-7-24-18;/h1-7H,8-13H2,(H2,20,22)(H,21,27);1H. The third kappa shape index (κ3) is 6.20. The summed E-state index contributed by atoms with van der Waals surface area (Å²) in [7, 11) is 0. The molecule has 10 heteroatoms. The molecule has 0 atom stereocenters. The first-order valence-corrected chi connectivity index (χ1v) is 9.12. The lowest BCUT2D eigenvalue weighted by Crippen LogP contribution is -2.51. The number of piperazine rings is 1. The topological polar surface area (TPSA) is 99.7 Å². The molecule has 0 spiro atoms. The molecule has 8 nitrogen and oxygen atoms in total. The maximum absolute atomic E-state index is 12.0. The number of benzene rings is 1. The van der Waals surface area contributed by atoms with Gasteiger partial charge in [-0.05, 0) is 30.3 Å². The molecule has 3 rings (SSSR count). The molecule has 3 N–H and O–H groups in total. The Hall–Kier alpha value is -2.14. The summed E-state index contributed by atoms with van der Waals surface area (Å²) in [6, 6.07) is 8.55. The Balaban J connectivity index is 0.00000280. The van der Waals surface area contributed by atoms with Crippen LogP contribution in [0.1, 0.15) is 10.4 Å². The van der Waals surface area contributed by atoms with Gasteiger partial charge in [0.05, 0.1) is 6.54 Å². The molecular weight excluding hydrogens is 493 g/mol. The molecule has 0 radical (unpaired) electrons. The van der Waals surface area contributed by atoms with Crippen LogP contribution >= 0.6 is 35.6 Å². The predicted molar refractivity (Wildman–Crippen MR) is 122 cm³/mol. The Morgan fingerprint density at radius 1 is 1.14 bits per heavy atom. The normalized spacial score (nSPS) is 14.4. The number of anilines is 1. The van der Waals surface area contributed by atoms with Gasteiger partial charge in [0.2, 0.25) is 5.95 Å². The summed E-state index contributed by atoms with van der Waals surface area (Å²) >= 11 is 5.82. The zero-order valence-corrected chi connectivity index (χ0v) is 18.4. The number of nitrogens with two attached hydrogens (primary N) is 1.